The Morgan fingerprint density at radius 2 is 0.456 bits per heavy atom. The van der Waals surface area contributed by atoms with E-state index < -0.39 is 78.0 Å². The molecule has 0 radical (unpaired) electrons. The van der Waals surface area contributed by atoms with Crippen LogP contribution < -0.4 is 18.1 Å². The molecule has 0 heterocycles. The Morgan fingerprint density at radius 1 is 0.300 bits per heavy atom. The second kappa shape index (κ2) is 37.2. The molecule has 4 aromatic carbocycles. The normalized spacial score (nSPS) is 16.3. The largest absolute Gasteiger partial charge is 0.530 e. The van der Waals surface area contributed by atoms with E-state index in [2.05, 4.69) is 31.9 Å². The molecule has 20 nitrogen and oxygen atoms in total. The van der Waals surface area contributed by atoms with Gasteiger partial charge in [0.15, 0.2) is 0 Å². The summed E-state index contributed by atoms with van der Waals surface area (Å²) in [6.45, 7) is 22.6. The van der Waals surface area contributed by atoms with Crippen LogP contribution in [-0.2, 0) is 54.5 Å². The molecular formula is C64H98Br2O20P4. The molecule has 8 bridgehead atoms. The van der Waals surface area contributed by atoms with Crippen molar-refractivity contribution < 1.29 is 93.0 Å². The molecule has 90 heavy (non-hydrogen) atoms. The maximum absolute atomic E-state index is 15.1. The first-order valence-electron chi connectivity index (χ1n) is 32.1. The van der Waals surface area contributed by atoms with Crippen molar-refractivity contribution in [1.82, 2.24) is 0 Å². The third-order valence-electron chi connectivity index (χ3n) is 15.4. The highest BCUT2D eigenvalue weighted by molar-refractivity contribution is 9.11. The maximum Gasteiger partial charge on any atom is 0.530 e. The highest BCUT2D eigenvalue weighted by Crippen LogP contribution is 2.61. The number of unbranched alkanes of at least 4 members (excludes halogenated alkanes) is 8. The van der Waals surface area contributed by atoms with E-state index in [-0.39, 0.29) is 129 Å². The van der Waals surface area contributed by atoms with Crippen LogP contribution in [0.4, 0.5) is 0 Å². The summed E-state index contributed by atoms with van der Waals surface area (Å²) in [4.78, 5) is 0. The zero-order valence-corrected chi connectivity index (χ0v) is 61.4. The molecule has 508 valence electrons. The van der Waals surface area contributed by atoms with Crippen molar-refractivity contribution in [3.05, 3.63) is 89.9 Å². The summed E-state index contributed by atoms with van der Waals surface area (Å²) in [5.74, 6) is -6.10. The van der Waals surface area contributed by atoms with E-state index in [0.29, 0.717) is 103 Å². The lowest BCUT2D eigenvalue weighted by molar-refractivity contribution is 0.148. The smallest absolute Gasteiger partial charge is 0.506 e. The van der Waals surface area contributed by atoms with Gasteiger partial charge in [0.2, 0.25) is 0 Å². The maximum atomic E-state index is 15.1. The Hall–Kier alpha value is -3.16. The van der Waals surface area contributed by atoms with Crippen LogP contribution in [0, 0.1) is 0 Å². The molecule has 0 aliphatic heterocycles. The average Bonchev–Trinajstić information content (AvgIpc) is 0.766. The molecule has 1 aliphatic rings. The Labute approximate surface area is 551 Å². The van der Waals surface area contributed by atoms with Gasteiger partial charge in [0.05, 0.1) is 52.9 Å². The number of benzene rings is 4. The number of aromatic hydroxyl groups is 4. The van der Waals surface area contributed by atoms with Crippen molar-refractivity contribution in [3.8, 4) is 46.0 Å². The van der Waals surface area contributed by atoms with E-state index in [1.807, 2.05) is 55.4 Å². The fourth-order valence-corrected chi connectivity index (χ4v) is 15.7. The molecule has 0 unspecified atom stereocenters. The molecule has 0 saturated heterocycles. The number of phenolic OH excluding ortho intramolecular Hbond substituents is 4. The average molecular weight is 1470 g/mol. The number of halogens is 2. The lowest BCUT2D eigenvalue weighted by Crippen LogP contribution is -2.13. The minimum Gasteiger partial charge on any atom is -0.506 e. The van der Waals surface area contributed by atoms with E-state index in [4.69, 9.17) is 54.3 Å². The highest BCUT2D eigenvalue weighted by Gasteiger charge is 2.40. The predicted molar refractivity (Wildman–Crippen MR) is 358 cm³/mol. The summed E-state index contributed by atoms with van der Waals surface area (Å²) in [7, 11) is -18.2. The van der Waals surface area contributed by atoms with E-state index in [1.165, 1.54) is 12.1 Å². The Kier molecular flexibility index (Phi) is 32.1. The van der Waals surface area contributed by atoms with E-state index in [1.54, 1.807) is 52.0 Å². The molecule has 4 aromatic rings. The van der Waals surface area contributed by atoms with Gasteiger partial charge in [0.25, 0.3) is 0 Å². The second-order valence-electron chi connectivity index (χ2n) is 22.5. The van der Waals surface area contributed by atoms with Crippen LogP contribution >= 0.6 is 63.2 Å². The van der Waals surface area contributed by atoms with Crippen molar-refractivity contribution >= 4 is 63.2 Å². The first-order chi connectivity index (χ1) is 42.9. The van der Waals surface area contributed by atoms with Crippen LogP contribution in [0.1, 0.15) is 254 Å². The van der Waals surface area contributed by atoms with Crippen molar-refractivity contribution in [2.75, 3.05) is 52.9 Å². The van der Waals surface area contributed by atoms with Gasteiger partial charge in [-0.25, -0.2) is 18.3 Å². The number of fused-ring (bicyclic) bond motifs is 8. The van der Waals surface area contributed by atoms with Gasteiger partial charge in [-0.05, 0) is 107 Å². The third-order valence-corrected chi connectivity index (χ3v) is 22.6. The van der Waals surface area contributed by atoms with E-state index >= 15 is 18.3 Å². The van der Waals surface area contributed by atoms with Crippen LogP contribution in [-0.4, -0.2) is 73.3 Å². The number of hydrogen-bond acceptors (Lipinski definition) is 20. The fraction of sp³-hybridized carbons (Fsp3) is 0.625. The zero-order valence-electron chi connectivity index (χ0n) is 54.6. The Balaban J connectivity index is 2.04. The van der Waals surface area contributed by atoms with Crippen LogP contribution in [0.3, 0.4) is 0 Å². The molecule has 0 spiro atoms. The molecule has 1 aliphatic carbocycles. The first-order valence-corrected chi connectivity index (χ1v) is 39.5. The minimum absolute atomic E-state index is 0.00218. The van der Waals surface area contributed by atoms with Crippen molar-refractivity contribution in [3.63, 3.8) is 0 Å². The molecule has 0 amide bonds. The molecule has 26 heteroatoms. The number of phosphoric acid groups is 4. The van der Waals surface area contributed by atoms with Crippen LogP contribution in [0.5, 0.6) is 46.0 Å². The molecule has 0 saturated carbocycles. The summed E-state index contributed by atoms with van der Waals surface area (Å²) >= 11 is 7.02. The molecule has 0 fully saturated rings. The number of phenols is 4. The van der Waals surface area contributed by atoms with Gasteiger partial charge in [-0.2, -0.15) is 0 Å². The molecule has 4 N–H and O–H groups in total. The minimum atomic E-state index is -4.54. The number of phosphoric ester groups is 4. The predicted octanol–water partition coefficient (Wildman–Crippen LogP) is 21.4. The van der Waals surface area contributed by atoms with Gasteiger partial charge < -0.3 is 38.5 Å². The van der Waals surface area contributed by atoms with E-state index in [9.17, 15) is 20.4 Å². The summed E-state index contributed by atoms with van der Waals surface area (Å²) < 4.78 is 135. The monoisotopic (exact) mass is 1470 g/mol. The van der Waals surface area contributed by atoms with Crippen LogP contribution in [0.15, 0.2) is 45.3 Å². The standard InChI is InChI=1S/C64H98Br2O20P4/c1-13-21-29-75-87(71,76-30-22-14-2)83-55-41-56(84-88(72,77-31-23-15-3)78-32-24-16-4)48-37-47(55)43(9)51-39-52(62(68)59(65)61(51)67)45(11)49-38-50(46(12)54-40-53(44(48)10)63(69)60(66)64(54)70)58(86-90(74,81-35-27-19-7)82-36-28-20-8)42-57(49)85-89(73,79-33-25-17-5)80-34-26-18-6/h37-46,67-70H,13-36H2,1-12H3/t43-,44+,45+,46-. The second-order valence-corrected chi connectivity index (χ2v) is 30.5. The van der Waals surface area contributed by atoms with Gasteiger partial charge >= 0.3 is 31.3 Å². The van der Waals surface area contributed by atoms with Gasteiger partial charge in [-0.15, -0.1) is 0 Å². The number of hydrogen-bond donors (Lipinski definition) is 4. The SMILES string of the molecule is CCCCOP(=O)(OCCCC)Oc1cc(OP(=O)(OCCCC)OCCCC)c2cc1[C@@H](C)c1cc(c(O)c(Br)c1O)[C@@H](C)c1cc(c(OP(=O)(OCCCC)OCCCC)cc1OP(=O)(OCCCC)OCCCC)[C@@H](C)c1cc(c(O)c(Br)c1O)[C@H]2C. The molecule has 0 aromatic heterocycles. The zero-order chi connectivity index (χ0) is 66.4. The fourth-order valence-electron chi connectivity index (χ4n) is 9.60. The van der Waals surface area contributed by atoms with Crippen molar-refractivity contribution in [2.45, 2.75) is 209 Å². The Bertz CT molecular complexity index is 2700. The summed E-state index contributed by atoms with van der Waals surface area (Å²) in [5.41, 5.74) is 1.74. The third kappa shape index (κ3) is 20.9. The van der Waals surface area contributed by atoms with E-state index in [0.717, 1.165) is 0 Å². The lowest BCUT2D eigenvalue weighted by atomic mass is 9.81. The van der Waals surface area contributed by atoms with Gasteiger partial charge in [0.1, 0.15) is 54.9 Å². The Morgan fingerprint density at radius 3 is 0.611 bits per heavy atom. The summed E-state index contributed by atoms with van der Waals surface area (Å²) in [6.07, 6.45) is 9.63. The van der Waals surface area contributed by atoms with Crippen LogP contribution in [0.25, 0.3) is 0 Å². The lowest BCUT2D eigenvalue weighted by Gasteiger charge is -2.30. The molecular weight excluding hydrogens is 1370 g/mol. The summed E-state index contributed by atoms with van der Waals surface area (Å²) in [6, 6.07) is 9.23. The topological polar surface area (TPSA) is 260 Å². The summed E-state index contributed by atoms with van der Waals surface area (Å²) in [5, 5.41) is 49.6. The molecule has 4 atom stereocenters. The van der Waals surface area contributed by atoms with Gasteiger partial charge in [0, 0.05) is 80.3 Å². The first kappa shape index (κ1) is 77.5. The van der Waals surface area contributed by atoms with Crippen molar-refractivity contribution in [1.29, 1.82) is 0 Å². The molecule has 5 rings (SSSR count). The highest BCUT2D eigenvalue weighted by atomic mass is 79.9. The van der Waals surface area contributed by atoms with Gasteiger partial charge in [-0.1, -0.05) is 134 Å². The van der Waals surface area contributed by atoms with Crippen LogP contribution in [0.2, 0.25) is 0 Å². The van der Waals surface area contributed by atoms with Crippen molar-refractivity contribution in [2.24, 2.45) is 0 Å². The van der Waals surface area contributed by atoms with Gasteiger partial charge in [-0.3, -0.25) is 36.2 Å². The number of rotatable bonds is 40. The quantitative estimate of drug-likeness (QED) is 0.0238.